The molecule has 0 spiro atoms. The Morgan fingerprint density at radius 1 is 1.32 bits per heavy atom. The van der Waals surface area contributed by atoms with Crippen LogP contribution in [0, 0.1) is 0 Å². The van der Waals surface area contributed by atoms with Gasteiger partial charge in [-0.2, -0.15) is 13.2 Å². The summed E-state index contributed by atoms with van der Waals surface area (Å²) in [6.07, 6.45) is -3.49. The first-order valence-corrected chi connectivity index (χ1v) is 8.32. The van der Waals surface area contributed by atoms with Gasteiger partial charge in [0.2, 0.25) is 0 Å². The Bertz CT molecular complexity index is 819. The standard InChI is InChI=1S/C16H13F3N2O3S/c17-16(18,19)10-4-1-3-9(7-10)13-20-11(8-25-13)14(22)21-6-2-5-12(21)15(23)24/h1,3-4,7-8,12H,2,5-6H2,(H,23,24)/t12-/m1/s1. The highest BCUT2D eigenvalue weighted by molar-refractivity contribution is 7.13. The van der Waals surface area contributed by atoms with Crippen LogP contribution in [0.25, 0.3) is 10.6 Å². The number of carbonyl (C=O) groups is 2. The Labute approximate surface area is 144 Å². The number of amides is 1. The fourth-order valence-electron chi connectivity index (χ4n) is 2.75. The van der Waals surface area contributed by atoms with Crippen molar-refractivity contribution in [2.45, 2.75) is 25.1 Å². The number of aliphatic carboxylic acids is 1. The smallest absolute Gasteiger partial charge is 0.416 e. The van der Waals surface area contributed by atoms with Gasteiger partial charge in [0.1, 0.15) is 16.7 Å². The molecule has 0 bridgehead atoms. The van der Waals surface area contributed by atoms with Gasteiger partial charge in [-0.1, -0.05) is 12.1 Å². The molecule has 1 aromatic carbocycles. The zero-order valence-corrected chi connectivity index (χ0v) is 13.6. The van der Waals surface area contributed by atoms with Gasteiger partial charge in [-0.25, -0.2) is 9.78 Å². The van der Waals surface area contributed by atoms with Crippen LogP contribution in [0.3, 0.4) is 0 Å². The van der Waals surface area contributed by atoms with E-state index in [-0.39, 0.29) is 16.3 Å². The normalized spacial score (nSPS) is 17.7. The number of likely N-dealkylation sites (tertiary alicyclic amines) is 1. The van der Waals surface area contributed by atoms with Crippen molar-refractivity contribution in [3.8, 4) is 10.6 Å². The maximum Gasteiger partial charge on any atom is 0.416 e. The molecule has 2 heterocycles. The lowest BCUT2D eigenvalue weighted by molar-refractivity contribution is -0.141. The molecule has 1 amide bonds. The summed E-state index contributed by atoms with van der Waals surface area (Å²) in [6.45, 7) is 0.326. The lowest BCUT2D eigenvalue weighted by atomic mass is 10.1. The molecule has 1 saturated heterocycles. The lowest BCUT2D eigenvalue weighted by Crippen LogP contribution is -2.40. The van der Waals surface area contributed by atoms with Crippen LogP contribution in [0.15, 0.2) is 29.6 Å². The number of thiazole rings is 1. The molecular formula is C16H13F3N2O3S. The van der Waals surface area contributed by atoms with Gasteiger partial charge >= 0.3 is 12.1 Å². The third-order valence-corrected chi connectivity index (χ3v) is 4.85. The molecule has 1 aliphatic rings. The number of aromatic nitrogens is 1. The molecule has 0 aliphatic carbocycles. The second-order valence-electron chi connectivity index (χ2n) is 5.61. The molecule has 1 N–H and O–H groups in total. The fraction of sp³-hybridized carbons (Fsp3) is 0.312. The Morgan fingerprint density at radius 2 is 2.08 bits per heavy atom. The highest BCUT2D eigenvalue weighted by Gasteiger charge is 2.35. The predicted molar refractivity (Wildman–Crippen MR) is 84.2 cm³/mol. The fourth-order valence-corrected chi connectivity index (χ4v) is 3.54. The van der Waals surface area contributed by atoms with E-state index in [1.807, 2.05) is 0 Å². The molecule has 0 radical (unpaired) electrons. The summed E-state index contributed by atoms with van der Waals surface area (Å²) >= 11 is 1.05. The predicted octanol–water partition coefficient (Wildman–Crippen LogP) is 3.52. The number of halogens is 3. The third kappa shape index (κ3) is 3.51. The molecule has 0 unspecified atom stereocenters. The minimum absolute atomic E-state index is 0.0468. The lowest BCUT2D eigenvalue weighted by Gasteiger charge is -2.20. The van der Waals surface area contributed by atoms with Gasteiger partial charge in [0, 0.05) is 17.5 Å². The number of alkyl halides is 3. The molecule has 132 valence electrons. The van der Waals surface area contributed by atoms with Gasteiger partial charge in [-0.3, -0.25) is 4.79 Å². The zero-order chi connectivity index (χ0) is 18.2. The molecule has 9 heteroatoms. The maximum absolute atomic E-state index is 12.8. The van der Waals surface area contributed by atoms with Crippen LogP contribution >= 0.6 is 11.3 Å². The van der Waals surface area contributed by atoms with Crippen molar-refractivity contribution >= 4 is 23.2 Å². The van der Waals surface area contributed by atoms with Crippen molar-refractivity contribution in [2.24, 2.45) is 0 Å². The second-order valence-corrected chi connectivity index (χ2v) is 6.47. The molecule has 1 aromatic heterocycles. The molecule has 2 aromatic rings. The quantitative estimate of drug-likeness (QED) is 0.898. The molecule has 1 fully saturated rings. The number of benzene rings is 1. The number of carboxylic acid groups (broad SMARTS) is 1. The van der Waals surface area contributed by atoms with Gasteiger partial charge in [0.05, 0.1) is 5.56 Å². The number of hydrogen-bond acceptors (Lipinski definition) is 4. The number of hydrogen-bond donors (Lipinski definition) is 1. The van der Waals surface area contributed by atoms with E-state index in [4.69, 9.17) is 5.11 Å². The molecule has 1 aliphatic heterocycles. The maximum atomic E-state index is 12.8. The van der Waals surface area contributed by atoms with E-state index in [9.17, 15) is 22.8 Å². The van der Waals surface area contributed by atoms with Gasteiger partial charge in [-0.05, 0) is 25.0 Å². The van der Waals surface area contributed by atoms with E-state index < -0.39 is 29.7 Å². The Morgan fingerprint density at radius 3 is 2.76 bits per heavy atom. The molecule has 0 saturated carbocycles. The number of carboxylic acids is 1. The molecular weight excluding hydrogens is 357 g/mol. The van der Waals surface area contributed by atoms with E-state index in [1.54, 1.807) is 0 Å². The zero-order valence-electron chi connectivity index (χ0n) is 12.8. The summed E-state index contributed by atoms with van der Waals surface area (Å²) < 4.78 is 38.4. The van der Waals surface area contributed by atoms with Gasteiger partial charge < -0.3 is 10.0 Å². The molecule has 3 rings (SSSR count). The Hall–Kier alpha value is -2.42. The first-order valence-electron chi connectivity index (χ1n) is 7.44. The Kier molecular flexibility index (Phi) is 4.51. The summed E-state index contributed by atoms with van der Waals surface area (Å²) in [5, 5.41) is 10.9. The summed E-state index contributed by atoms with van der Waals surface area (Å²) in [5.74, 6) is -1.58. The third-order valence-electron chi connectivity index (χ3n) is 3.96. The van der Waals surface area contributed by atoms with E-state index in [2.05, 4.69) is 4.98 Å². The van der Waals surface area contributed by atoms with Crippen LogP contribution in [0.1, 0.15) is 28.9 Å². The van der Waals surface area contributed by atoms with Crippen LogP contribution in [0.2, 0.25) is 0 Å². The van der Waals surface area contributed by atoms with E-state index in [1.165, 1.54) is 22.4 Å². The van der Waals surface area contributed by atoms with Crippen LogP contribution in [-0.2, 0) is 11.0 Å². The largest absolute Gasteiger partial charge is 0.480 e. The summed E-state index contributed by atoms with van der Waals surface area (Å²) in [7, 11) is 0. The Balaban J connectivity index is 1.86. The van der Waals surface area contributed by atoms with Crippen LogP contribution in [0.4, 0.5) is 13.2 Å². The van der Waals surface area contributed by atoms with Crippen molar-refractivity contribution in [3.63, 3.8) is 0 Å². The minimum atomic E-state index is -4.46. The highest BCUT2D eigenvalue weighted by Crippen LogP contribution is 2.33. The van der Waals surface area contributed by atoms with Gasteiger partial charge in [-0.15, -0.1) is 11.3 Å². The summed E-state index contributed by atoms with van der Waals surface area (Å²) in [5.41, 5.74) is -0.487. The number of carbonyl (C=O) groups excluding carboxylic acids is 1. The average molecular weight is 370 g/mol. The van der Waals surface area contributed by atoms with Crippen LogP contribution in [0.5, 0.6) is 0 Å². The second kappa shape index (κ2) is 6.47. The number of nitrogens with zero attached hydrogens (tertiary/aromatic N) is 2. The average Bonchev–Trinajstić information content (AvgIpc) is 3.23. The molecule has 1 atom stereocenters. The van der Waals surface area contributed by atoms with Gasteiger partial charge in [0.15, 0.2) is 0 Å². The van der Waals surface area contributed by atoms with E-state index >= 15 is 0 Å². The topological polar surface area (TPSA) is 70.5 Å². The summed E-state index contributed by atoms with van der Waals surface area (Å²) in [4.78, 5) is 29.0. The first kappa shape index (κ1) is 17.4. The SMILES string of the molecule is O=C(O)[C@H]1CCCN1C(=O)c1csc(-c2cccc(C(F)(F)F)c2)n1. The van der Waals surface area contributed by atoms with Crippen molar-refractivity contribution in [1.29, 1.82) is 0 Å². The van der Waals surface area contributed by atoms with E-state index in [0.717, 1.165) is 23.5 Å². The first-order chi connectivity index (χ1) is 11.8. The van der Waals surface area contributed by atoms with Crippen molar-refractivity contribution in [2.75, 3.05) is 6.54 Å². The van der Waals surface area contributed by atoms with Crippen molar-refractivity contribution < 1.29 is 27.9 Å². The van der Waals surface area contributed by atoms with Crippen molar-refractivity contribution in [3.05, 3.63) is 40.9 Å². The molecule has 5 nitrogen and oxygen atoms in total. The van der Waals surface area contributed by atoms with Crippen LogP contribution < -0.4 is 0 Å². The summed E-state index contributed by atoms with van der Waals surface area (Å²) in [6, 6.07) is 3.82. The minimum Gasteiger partial charge on any atom is -0.480 e. The highest BCUT2D eigenvalue weighted by atomic mass is 32.1. The van der Waals surface area contributed by atoms with Crippen LogP contribution in [-0.4, -0.2) is 39.5 Å². The van der Waals surface area contributed by atoms with Gasteiger partial charge in [0.25, 0.3) is 5.91 Å². The van der Waals surface area contributed by atoms with Crippen molar-refractivity contribution in [1.82, 2.24) is 9.88 Å². The monoisotopic (exact) mass is 370 g/mol. The van der Waals surface area contributed by atoms with E-state index in [0.29, 0.717) is 19.4 Å². The molecule has 25 heavy (non-hydrogen) atoms. The number of rotatable bonds is 3.